The largest absolute Gasteiger partial charge is 0.335 e. The van der Waals surface area contributed by atoms with E-state index in [2.05, 4.69) is 16.0 Å². The van der Waals surface area contributed by atoms with Gasteiger partial charge in [0.15, 0.2) is 5.78 Å². The monoisotopic (exact) mass is 379 g/mol. The number of hydrogen-bond acceptors (Lipinski definition) is 3. The number of carbonyl (C=O) groups is 3. The fraction of sp³-hybridized carbons (Fsp3) is 0.318. The van der Waals surface area contributed by atoms with Gasteiger partial charge in [-0.2, -0.15) is 0 Å². The van der Waals surface area contributed by atoms with Crippen molar-refractivity contribution in [2.75, 3.05) is 10.6 Å². The standard InChI is InChI=1S/C22H25N3O3/c1-14-3-4-16(13-15(14)2)20(26)11-12-21(27)23-17-5-7-18(8-6-17)24-22(28)25-19-9-10-19/h3-8,13,19H,9-12H2,1-2H3,(H,23,27)(H2,24,25,28). The number of rotatable bonds is 7. The average molecular weight is 379 g/mol. The van der Waals surface area contributed by atoms with Crippen LogP contribution in [0, 0.1) is 13.8 Å². The summed E-state index contributed by atoms with van der Waals surface area (Å²) in [4.78, 5) is 36.1. The van der Waals surface area contributed by atoms with Gasteiger partial charge in [-0.15, -0.1) is 0 Å². The molecule has 1 saturated carbocycles. The van der Waals surface area contributed by atoms with Crippen LogP contribution in [-0.2, 0) is 4.79 Å². The maximum Gasteiger partial charge on any atom is 0.319 e. The van der Waals surface area contributed by atoms with Crippen LogP contribution in [0.4, 0.5) is 16.2 Å². The molecule has 0 aromatic heterocycles. The molecule has 1 fully saturated rings. The van der Waals surface area contributed by atoms with E-state index < -0.39 is 0 Å². The third-order valence-corrected chi connectivity index (χ3v) is 4.75. The van der Waals surface area contributed by atoms with Crippen molar-refractivity contribution in [3.8, 4) is 0 Å². The Kier molecular flexibility index (Phi) is 6.09. The summed E-state index contributed by atoms with van der Waals surface area (Å²) in [5, 5.41) is 8.37. The molecule has 1 aliphatic rings. The van der Waals surface area contributed by atoms with Crippen molar-refractivity contribution in [2.24, 2.45) is 0 Å². The Morgan fingerprint density at radius 2 is 1.50 bits per heavy atom. The summed E-state index contributed by atoms with van der Waals surface area (Å²) in [6.07, 6.45) is 2.35. The predicted molar refractivity (Wildman–Crippen MR) is 110 cm³/mol. The molecule has 0 atom stereocenters. The molecule has 0 unspecified atom stereocenters. The van der Waals surface area contributed by atoms with Crippen LogP contribution >= 0.6 is 0 Å². The van der Waals surface area contributed by atoms with Crippen LogP contribution < -0.4 is 16.0 Å². The number of ketones is 1. The molecule has 0 spiro atoms. The van der Waals surface area contributed by atoms with Gasteiger partial charge in [-0.3, -0.25) is 9.59 Å². The number of anilines is 2. The Balaban J connectivity index is 1.45. The molecule has 0 radical (unpaired) electrons. The number of urea groups is 1. The number of hydrogen-bond donors (Lipinski definition) is 3. The topological polar surface area (TPSA) is 87.3 Å². The molecule has 2 aromatic rings. The van der Waals surface area contributed by atoms with Gasteiger partial charge in [0, 0.05) is 35.8 Å². The van der Waals surface area contributed by atoms with Gasteiger partial charge in [-0.25, -0.2) is 4.79 Å². The van der Waals surface area contributed by atoms with Crippen molar-refractivity contribution in [3.05, 3.63) is 59.2 Å². The number of benzene rings is 2. The number of amides is 3. The van der Waals surface area contributed by atoms with E-state index in [0.29, 0.717) is 23.0 Å². The van der Waals surface area contributed by atoms with Crippen LogP contribution in [0.1, 0.15) is 47.2 Å². The Hall–Kier alpha value is -3.15. The Morgan fingerprint density at radius 3 is 2.11 bits per heavy atom. The average Bonchev–Trinajstić information content (AvgIpc) is 3.47. The maximum absolute atomic E-state index is 12.3. The Bertz CT molecular complexity index is 886. The van der Waals surface area contributed by atoms with Crippen LogP contribution in [0.2, 0.25) is 0 Å². The number of carbonyl (C=O) groups excluding carboxylic acids is 3. The molecule has 146 valence electrons. The van der Waals surface area contributed by atoms with Crippen LogP contribution in [0.15, 0.2) is 42.5 Å². The van der Waals surface area contributed by atoms with Crippen LogP contribution in [0.3, 0.4) is 0 Å². The second-order valence-electron chi connectivity index (χ2n) is 7.22. The lowest BCUT2D eigenvalue weighted by Crippen LogP contribution is -2.30. The first kappa shape index (κ1) is 19.6. The second-order valence-corrected chi connectivity index (χ2v) is 7.22. The van der Waals surface area contributed by atoms with Gasteiger partial charge in [0.1, 0.15) is 0 Å². The summed E-state index contributed by atoms with van der Waals surface area (Å²) in [6.45, 7) is 3.96. The van der Waals surface area contributed by atoms with E-state index in [0.717, 1.165) is 24.0 Å². The van der Waals surface area contributed by atoms with Gasteiger partial charge >= 0.3 is 6.03 Å². The smallest absolute Gasteiger partial charge is 0.319 e. The van der Waals surface area contributed by atoms with E-state index in [1.807, 2.05) is 26.0 Å². The molecule has 6 heteroatoms. The Morgan fingerprint density at radius 1 is 0.857 bits per heavy atom. The second kappa shape index (κ2) is 8.69. The third-order valence-electron chi connectivity index (χ3n) is 4.75. The van der Waals surface area contributed by atoms with Gasteiger partial charge in [0.05, 0.1) is 0 Å². The van der Waals surface area contributed by atoms with Crippen molar-refractivity contribution < 1.29 is 14.4 Å². The number of nitrogens with one attached hydrogen (secondary N) is 3. The predicted octanol–water partition coefficient (Wildman–Crippen LogP) is 4.19. The molecule has 0 heterocycles. The zero-order valence-electron chi connectivity index (χ0n) is 16.2. The van der Waals surface area contributed by atoms with E-state index in [1.54, 1.807) is 30.3 Å². The first-order valence-corrected chi connectivity index (χ1v) is 9.48. The molecule has 2 aromatic carbocycles. The van der Waals surface area contributed by atoms with E-state index in [-0.39, 0.29) is 30.6 Å². The lowest BCUT2D eigenvalue weighted by atomic mass is 10.0. The highest BCUT2D eigenvalue weighted by atomic mass is 16.2. The fourth-order valence-electron chi connectivity index (χ4n) is 2.73. The summed E-state index contributed by atoms with van der Waals surface area (Å²) < 4.78 is 0. The molecule has 3 rings (SSSR count). The number of Topliss-reactive ketones (excluding diaryl/α,β-unsaturated/α-hetero) is 1. The highest BCUT2D eigenvalue weighted by Gasteiger charge is 2.23. The third kappa shape index (κ3) is 5.67. The van der Waals surface area contributed by atoms with Crippen LogP contribution in [-0.4, -0.2) is 23.8 Å². The summed E-state index contributed by atoms with van der Waals surface area (Å²) in [5.74, 6) is -0.260. The minimum absolute atomic E-state index is 0.0422. The molecule has 0 bridgehead atoms. The van der Waals surface area contributed by atoms with Crippen molar-refractivity contribution in [3.63, 3.8) is 0 Å². The van der Waals surface area contributed by atoms with Crippen molar-refractivity contribution >= 4 is 29.1 Å². The van der Waals surface area contributed by atoms with Gasteiger partial charge in [-0.1, -0.05) is 12.1 Å². The first-order valence-electron chi connectivity index (χ1n) is 9.48. The van der Waals surface area contributed by atoms with Gasteiger partial charge in [-0.05, 0) is 68.1 Å². The highest BCUT2D eigenvalue weighted by molar-refractivity contribution is 6.00. The summed E-state index contributed by atoms with van der Waals surface area (Å²) in [5.41, 5.74) is 4.11. The van der Waals surface area contributed by atoms with E-state index in [4.69, 9.17) is 0 Å². The molecular weight excluding hydrogens is 354 g/mol. The summed E-state index contributed by atoms with van der Waals surface area (Å²) >= 11 is 0. The van der Waals surface area contributed by atoms with Gasteiger partial charge < -0.3 is 16.0 Å². The van der Waals surface area contributed by atoms with E-state index >= 15 is 0 Å². The lowest BCUT2D eigenvalue weighted by Gasteiger charge is -2.09. The van der Waals surface area contributed by atoms with Crippen molar-refractivity contribution in [2.45, 2.75) is 45.6 Å². The molecule has 6 nitrogen and oxygen atoms in total. The SMILES string of the molecule is Cc1ccc(C(=O)CCC(=O)Nc2ccc(NC(=O)NC3CC3)cc2)cc1C. The van der Waals surface area contributed by atoms with Crippen LogP contribution in [0.25, 0.3) is 0 Å². The zero-order valence-corrected chi connectivity index (χ0v) is 16.2. The van der Waals surface area contributed by atoms with Gasteiger partial charge in [0.25, 0.3) is 0 Å². The molecule has 3 N–H and O–H groups in total. The zero-order chi connectivity index (χ0) is 20.1. The fourth-order valence-corrected chi connectivity index (χ4v) is 2.73. The highest BCUT2D eigenvalue weighted by Crippen LogP contribution is 2.19. The van der Waals surface area contributed by atoms with E-state index in [1.165, 1.54) is 0 Å². The summed E-state index contributed by atoms with van der Waals surface area (Å²) in [6, 6.07) is 12.5. The maximum atomic E-state index is 12.3. The quantitative estimate of drug-likeness (QED) is 0.631. The van der Waals surface area contributed by atoms with Gasteiger partial charge in [0.2, 0.25) is 5.91 Å². The minimum Gasteiger partial charge on any atom is -0.335 e. The minimum atomic E-state index is -0.218. The first-order chi connectivity index (χ1) is 13.4. The molecule has 28 heavy (non-hydrogen) atoms. The van der Waals surface area contributed by atoms with Crippen molar-refractivity contribution in [1.82, 2.24) is 5.32 Å². The van der Waals surface area contributed by atoms with E-state index in [9.17, 15) is 14.4 Å². The van der Waals surface area contributed by atoms with Crippen LogP contribution in [0.5, 0.6) is 0 Å². The summed E-state index contributed by atoms with van der Waals surface area (Å²) in [7, 11) is 0. The molecule has 3 amide bonds. The lowest BCUT2D eigenvalue weighted by molar-refractivity contribution is -0.116. The molecule has 1 aliphatic carbocycles. The molecular formula is C22H25N3O3. The normalized spacial score (nSPS) is 12.9. The molecule has 0 saturated heterocycles. The molecule has 0 aliphatic heterocycles. The number of aryl methyl sites for hydroxylation is 2. The van der Waals surface area contributed by atoms with Crippen molar-refractivity contribution in [1.29, 1.82) is 0 Å². The Labute approximate surface area is 164 Å².